The summed E-state index contributed by atoms with van der Waals surface area (Å²) in [5, 5.41) is 12.3. The van der Waals surface area contributed by atoms with Gasteiger partial charge >= 0.3 is 0 Å². The Kier molecular flexibility index (Phi) is 7.63. The molecule has 1 aromatic heterocycles. The minimum Gasteiger partial charge on any atom is -0.493 e. The highest BCUT2D eigenvalue weighted by atomic mass is 32.2. The number of benzene rings is 2. The number of anilines is 1. The van der Waals surface area contributed by atoms with Crippen LogP contribution in [0.2, 0.25) is 0 Å². The third-order valence-electron chi connectivity index (χ3n) is 5.17. The van der Waals surface area contributed by atoms with Gasteiger partial charge in [-0.25, -0.2) is 0 Å². The predicted octanol–water partition coefficient (Wildman–Crippen LogP) is 4.34. The monoisotopic (exact) mass is 456 g/mol. The molecule has 3 aromatic rings. The predicted molar refractivity (Wildman–Crippen MR) is 126 cm³/mol. The number of hydrogen-bond donors (Lipinski definition) is 1. The maximum Gasteiger partial charge on any atom is 0.234 e. The standard InChI is InChI=1S/C23H28N4O4S/c1-7-27-22(16-11-18(29-4)21(31-6)19(12-16)30-5)25-26-23(27)32-13-20(28)24-17-10-8-9-14(2)15(17)3/h8-12H,7,13H2,1-6H3,(H,24,28). The van der Waals surface area contributed by atoms with Gasteiger partial charge in [0.25, 0.3) is 0 Å². The molecular weight excluding hydrogens is 428 g/mol. The summed E-state index contributed by atoms with van der Waals surface area (Å²) < 4.78 is 18.3. The molecule has 32 heavy (non-hydrogen) atoms. The van der Waals surface area contributed by atoms with E-state index in [1.165, 1.54) is 11.8 Å². The number of aromatic nitrogens is 3. The van der Waals surface area contributed by atoms with Crippen molar-refractivity contribution in [2.45, 2.75) is 32.5 Å². The number of nitrogens with zero attached hydrogens (tertiary/aromatic N) is 3. The van der Waals surface area contributed by atoms with Gasteiger partial charge in [-0.2, -0.15) is 0 Å². The molecule has 0 atom stereocenters. The molecular formula is C23H28N4O4S. The fraction of sp³-hybridized carbons (Fsp3) is 0.348. The number of hydrogen-bond acceptors (Lipinski definition) is 7. The van der Waals surface area contributed by atoms with Crippen LogP contribution in [0.3, 0.4) is 0 Å². The van der Waals surface area contributed by atoms with E-state index in [1.54, 1.807) is 21.3 Å². The zero-order valence-electron chi connectivity index (χ0n) is 19.2. The highest BCUT2D eigenvalue weighted by Gasteiger charge is 2.20. The molecule has 0 aliphatic heterocycles. The van der Waals surface area contributed by atoms with Crippen molar-refractivity contribution in [3.05, 3.63) is 41.5 Å². The van der Waals surface area contributed by atoms with Crippen LogP contribution in [0.5, 0.6) is 17.2 Å². The van der Waals surface area contributed by atoms with Crippen LogP contribution in [0.25, 0.3) is 11.4 Å². The second kappa shape index (κ2) is 10.4. The maximum absolute atomic E-state index is 12.5. The lowest BCUT2D eigenvalue weighted by Gasteiger charge is -2.14. The zero-order chi connectivity index (χ0) is 23.3. The van der Waals surface area contributed by atoms with Crippen molar-refractivity contribution >= 4 is 23.4 Å². The van der Waals surface area contributed by atoms with E-state index in [4.69, 9.17) is 14.2 Å². The summed E-state index contributed by atoms with van der Waals surface area (Å²) in [5.74, 6) is 2.37. The van der Waals surface area contributed by atoms with E-state index >= 15 is 0 Å². The van der Waals surface area contributed by atoms with E-state index in [1.807, 2.05) is 55.7 Å². The van der Waals surface area contributed by atoms with E-state index in [0.717, 1.165) is 22.4 Å². The molecule has 3 rings (SSSR count). The van der Waals surface area contributed by atoms with Crippen molar-refractivity contribution in [3.8, 4) is 28.6 Å². The van der Waals surface area contributed by atoms with Crippen molar-refractivity contribution in [1.82, 2.24) is 14.8 Å². The van der Waals surface area contributed by atoms with E-state index in [0.29, 0.717) is 34.8 Å². The van der Waals surface area contributed by atoms with Crippen molar-refractivity contribution in [1.29, 1.82) is 0 Å². The molecule has 0 fully saturated rings. The second-order valence-electron chi connectivity index (χ2n) is 7.05. The van der Waals surface area contributed by atoms with Gasteiger partial charge in [0.2, 0.25) is 11.7 Å². The number of methoxy groups -OCH3 is 3. The number of amides is 1. The molecule has 8 nitrogen and oxygen atoms in total. The quantitative estimate of drug-likeness (QED) is 0.479. The van der Waals surface area contributed by atoms with Crippen LogP contribution in [-0.4, -0.2) is 47.8 Å². The number of nitrogens with one attached hydrogen (secondary N) is 1. The Bertz CT molecular complexity index is 1090. The molecule has 0 unspecified atom stereocenters. The Balaban J connectivity index is 1.81. The van der Waals surface area contributed by atoms with Crippen LogP contribution < -0.4 is 19.5 Å². The van der Waals surface area contributed by atoms with Crippen molar-refractivity contribution < 1.29 is 19.0 Å². The Morgan fingerprint density at radius 2 is 1.75 bits per heavy atom. The SMILES string of the molecule is CCn1c(SCC(=O)Nc2cccc(C)c2C)nnc1-c1cc(OC)c(OC)c(OC)c1. The molecule has 1 heterocycles. The van der Waals surface area contributed by atoms with Crippen LogP contribution in [-0.2, 0) is 11.3 Å². The molecule has 0 spiro atoms. The summed E-state index contributed by atoms with van der Waals surface area (Å²) in [7, 11) is 4.70. The van der Waals surface area contributed by atoms with Gasteiger partial charge in [0, 0.05) is 17.8 Å². The summed E-state index contributed by atoms with van der Waals surface area (Å²) in [6, 6.07) is 9.52. The lowest BCUT2D eigenvalue weighted by molar-refractivity contribution is -0.113. The molecule has 2 aromatic carbocycles. The van der Waals surface area contributed by atoms with Gasteiger partial charge in [-0.3, -0.25) is 4.79 Å². The first-order valence-corrected chi connectivity index (χ1v) is 11.1. The molecule has 0 aliphatic carbocycles. The average Bonchev–Trinajstić information content (AvgIpc) is 3.22. The first kappa shape index (κ1) is 23.5. The number of carbonyl (C=O) groups is 1. The van der Waals surface area contributed by atoms with E-state index < -0.39 is 0 Å². The van der Waals surface area contributed by atoms with Crippen molar-refractivity contribution in [2.24, 2.45) is 0 Å². The average molecular weight is 457 g/mol. The van der Waals surface area contributed by atoms with E-state index in [-0.39, 0.29) is 11.7 Å². The molecule has 0 bridgehead atoms. The summed E-state index contributed by atoms with van der Waals surface area (Å²) >= 11 is 1.34. The normalized spacial score (nSPS) is 10.7. The first-order valence-electron chi connectivity index (χ1n) is 10.2. The molecule has 0 aliphatic rings. The number of ether oxygens (including phenoxy) is 3. The van der Waals surface area contributed by atoms with Gasteiger partial charge in [0.05, 0.1) is 27.1 Å². The minimum atomic E-state index is -0.0938. The Morgan fingerprint density at radius 3 is 2.34 bits per heavy atom. The van der Waals surface area contributed by atoms with Crippen LogP contribution >= 0.6 is 11.8 Å². The second-order valence-corrected chi connectivity index (χ2v) is 7.99. The van der Waals surface area contributed by atoms with Gasteiger partial charge in [-0.1, -0.05) is 23.9 Å². The lowest BCUT2D eigenvalue weighted by atomic mass is 10.1. The number of aryl methyl sites for hydroxylation is 1. The Hall–Kier alpha value is -3.20. The fourth-order valence-corrected chi connectivity index (χ4v) is 4.11. The summed E-state index contributed by atoms with van der Waals surface area (Å²) in [5.41, 5.74) is 3.80. The molecule has 1 amide bonds. The van der Waals surface area contributed by atoms with Gasteiger partial charge in [-0.15, -0.1) is 10.2 Å². The van der Waals surface area contributed by atoms with E-state index in [9.17, 15) is 4.79 Å². The molecule has 1 N–H and O–H groups in total. The maximum atomic E-state index is 12.5. The van der Waals surface area contributed by atoms with Crippen LogP contribution in [0.4, 0.5) is 5.69 Å². The summed E-state index contributed by atoms with van der Waals surface area (Å²) in [6.45, 7) is 6.66. The fourth-order valence-electron chi connectivity index (χ4n) is 3.31. The molecule has 0 saturated heterocycles. The molecule has 170 valence electrons. The minimum absolute atomic E-state index is 0.0938. The number of rotatable bonds is 9. The highest BCUT2D eigenvalue weighted by Crippen LogP contribution is 2.41. The van der Waals surface area contributed by atoms with Gasteiger partial charge in [-0.05, 0) is 50.1 Å². The van der Waals surface area contributed by atoms with Gasteiger partial charge in [0.1, 0.15) is 0 Å². The summed E-state index contributed by atoms with van der Waals surface area (Å²) in [4.78, 5) is 12.5. The number of thioether (sulfide) groups is 1. The van der Waals surface area contributed by atoms with Crippen molar-refractivity contribution in [2.75, 3.05) is 32.4 Å². The molecule has 0 radical (unpaired) electrons. The van der Waals surface area contributed by atoms with Crippen molar-refractivity contribution in [3.63, 3.8) is 0 Å². The molecule has 0 saturated carbocycles. The smallest absolute Gasteiger partial charge is 0.234 e. The lowest BCUT2D eigenvalue weighted by Crippen LogP contribution is -2.15. The van der Waals surface area contributed by atoms with Crippen LogP contribution in [0, 0.1) is 13.8 Å². The largest absolute Gasteiger partial charge is 0.493 e. The van der Waals surface area contributed by atoms with Crippen LogP contribution in [0.15, 0.2) is 35.5 Å². The van der Waals surface area contributed by atoms with Crippen LogP contribution in [0.1, 0.15) is 18.1 Å². The van der Waals surface area contributed by atoms with Gasteiger partial charge < -0.3 is 24.1 Å². The zero-order valence-corrected chi connectivity index (χ0v) is 20.0. The first-order chi connectivity index (χ1) is 15.4. The third kappa shape index (κ3) is 4.83. The van der Waals surface area contributed by atoms with Gasteiger partial charge in [0.15, 0.2) is 22.5 Å². The molecule has 9 heteroatoms. The topological polar surface area (TPSA) is 87.5 Å². The Morgan fingerprint density at radius 1 is 1.06 bits per heavy atom. The third-order valence-corrected chi connectivity index (χ3v) is 6.13. The van der Waals surface area contributed by atoms with E-state index in [2.05, 4.69) is 15.5 Å². The number of carbonyl (C=O) groups excluding carboxylic acids is 1. The summed E-state index contributed by atoms with van der Waals surface area (Å²) in [6.07, 6.45) is 0. The highest BCUT2D eigenvalue weighted by molar-refractivity contribution is 7.99. The Labute approximate surface area is 192 Å².